The van der Waals surface area contributed by atoms with E-state index in [9.17, 15) is 4.21 Å². The molecule has 3 saturated carbocycles. The van der Waals surface area contributed by atoms with Gasteiger partial charge in [-0.05, 0) is 63.2 Å². The molecule has 0 aromatic heterocycles. The van der Waals surface area contributed by atoms with Crippen LogP contribution in [0.3, 0.4) is 0 Å². The maximum atomic E-state index is 12.1. The number of nitrogens with zero attached hydrogens (tertiary/aromatic N) is 1. The Kier molecular flexibility index (Phi) is 5.65. The lowest BCUT2D eigenvalue weighted by atomic mass is 9.95. The Morgan fingerprint density at radius 3 is 2.61 bits per heavy atom. The average molecular weight is 340 g/mol. The van der Waals surface area contributed by atoms with Crippen molar-refractivity contribution in [3.63, 3.8) is 0 Å². The second-order valence-corrected chi connectivity index (χ2v) is 9.64. The maximum Gasteiger partial charge on any atom is 0.191 e. The molecular formula is C18H33N3OS. The zero-order chi connectivity index (χ0) is 16.3. The summed E-state index contributed by atoms with van der Waals surface area (Å²) in [4.78, 5) is 4.91. The van der Waals surface area contributed by atoms with Crippen LogP contribution in [0.4, 0.5) is 0 Å². The van der Waals surface area contributed by atoms with Gasteiger partial charge in [-0.3, -0.25) is 9.20 Å². The lowest BCUT2D eigenvalue weighted by Gasteiger charge is -2.30. The lowest BCUT2D eigenvalue weighted by molar-refractivity contribution is 0.410. The van der Waals surface area contributed by atoms with Gasteiger partial charge in [0.25, 0.3) is 0 Å². The normalized spacial score (nSPS) is 31.5. The zero-order valence-corrected chi connectivity index (χ0v) is 15.6. The summed E-state index contributed by atoms with van der Waals surface area (Å²) < 4.78 is 12.1. The summed E-state index contributed by atoms with van der Waals surface area (Å²) in [6.45, 7) is 6.05. The molecule has 0 aromatic rings. The molecule has 0 heterocycles. The summed E-state index contributed by atoms with van der Waals surface area (Å²) in [5.74, 6) is 2.72. The molecule has 3 fully saturated rings. The highest BCUT2D eigenvalue weighted by Crippen LogP contribution is 2.61. The molecule has 3 rings (SSSR count). The van der Waals surface area contributed by atoms with E-state index in [1.165, 1.54) is 38.5 Å². The van der Waals surface area contributed by atoms with Gasteiger partial charge in [-0.15, -0.1) is 0 Å². The summed E-state index contributed by atoms with van der Waals surface area (Å²) >= 11 is 0. The van der Waals surface area contributed by atoms with Crippen molar-refractivity contribution in [1.29, 1.82) is 0 Å². The standard InChI is InChI=1S/C18H33N3OS/c1-3-19-17(20-13-18(10-11-18)14-8-9-14)21-15-6-5-7-16(12-15)23(22)4-2/h14-16H,3-13H2,1-2H3,(H2,19,20,21). The number of guanidine groups is 1. The molecule has 3 atom stereocenters. The molecule has 0 aromatic carbocycles. The Bertz CT molecular complexity index is 457. The van der Waals surface area contributed by atoms with Gasteiger partial charge in [0.05, 0.1) is 0 Å². The second kappa shape index (κ2) is 7.54. The molecule has 23 heavy (non-hydrogen) atoms. The second-order valence-electron chi connectivity index (χ2n) is 7.63. The van der Waals surface area contributed by atoms with Crippen LogP contribution in [0, 0.1) is 11.3 Å². The van der Waals surface area contributed by atoms with E-state index in [0.29, 0.717) is 16.7 Å². The topological polar surface area (TPSA) is 53.5 Å². The fourth-order valence-electron chi connectivity index (χ4n) is 4.05. The number of hydrogen-bond donors (Lipinski definition) is 2. The molecule has 0 bridgehead atoms. The van der Waals surface area contributed by atoms with Gasteiger partial charge in [0.2, 0.25) is 0 Å². The van der Waals surface area contributed by atoms with Crippen LogP contribution in [0.15, 0.2) is 4.99 Å². The molecule has 3 aliphatic rings. The minimum atomic E-state index is -0.659. The Balaban J connectivity index is 1.54. The van der Waals surface area contributed by atoms with Crippen LogP contribution in [0.1, 0.15) is 65.2 Å². The minimum absolute atomic E-state index is 0.371. The predicted molar refractivity (Wildman–Crippen MR) is 98.2 cm³/mol. The summed E-state index contributed by atoms with van der Waals surface area (Å²) in [5, 5.41) is 7.41. The Labute approximate surface area is 143 Å². The van der Waals surface area contributed by atoms with Gasteiger partial charge in [-0.1, -0.05) is 13.3 Å². The molecule has 0 saturated heterocycles. The number of aliphatic imine (C=N–C) groups is 1. The molecule has 2 N–H and O–H groups in total. The van der Waals surface area contributed by atoms with E-state index < -0.39 is 10.8 Å². The zero-order valence-electron chi connectivity index (χ0n) is 14.8. The monoisotopic (exact) mass is 339 g/mol. The van der Waals surface area contributed by atoms with Crippen molar-refractivity contribution in [3.05, 3.63) is 0 Å². The quantitative estimate of drug-likeness (QED) is 0.554. The van der Waals surface area contributed by atoms with E-state index in [4.69, 9.17) is 4.99 Å². The third-order valence-electron chi connectivity index (χ3n) is 5.86. The first-order valence-electron chi connectivity index (χ1n) is 9.59. The number of rotatable bonds is 7. The molecule has 0 radical (unpaired) electrons. The number of nitrogens with one attached hydrogen (secondary N) is 2. The summed E-state index contributed by atoms with van der Waals surface area (Å²) in [6, 6.07) is 0.429. The molecular weight excluding hydrogens is 306 g/mol. The maximum absolute atomic E-state index is 12.1. The van der Waals surface area contributed by atoms with Crippen LogP contribution >= 0.6 is 0 Å². The fourth-order valence-corrected chi connectivity index (χ4v) is 5.40. The molecule has 3 aliphatic carbocycles. The lowest BCUT2D eigenvalue weighted by Crippen LogP contribution is -2.46. The largest absolute Gasteiger partial charge is 0.357 e. The van der Waals surface area contributed by atoms with Gasteiger partial charge >= 0.3 is 0 Å². The smallest absolute Gasteiger partial charge is 0.191 e. The molecule has 0 aliphatic heterocycles. The van der Waals surface area contributed by atoms with E-state index in [0.717, 1.165) is 43.6 Å². The van der Waals surface area contributed by atoms with Crippen molar-refractivity contribution < 1.29 is 4.21 Å². The van der Waals surface area contributed by atoms with Gasteiger partial charge in [0, 0.05) is 40.9 Å². The first-order valence-corrected chi connectivity index (χ1v) is 11.0. The van der Waals surface area contributed by atoms with Gasteiger partial charge in [0.15, 0.2) is 5.96 Å². The van der Waals surface area contributed by atoms with Crippen molar-refractivity contribution >= 4 is 16.8 Å². The molecule has 132 valence electrons. The minimum Gasteiger partial charge on any atom is -0.357 e. The van der Waals surface area contributed by atoms with Crippen molar-refractivity contribution in [2.24, 2.45) is 16.3 Å². The average Bonchev–Trinajstić information content (AvgIpc) is 3.45. The third-order valence-corrected chi connectivity index (χ3v) is 7.60. The van der Waals surface area contributed by atoms with Gasteiger partial charge in [-0.25, -0.2) is 0 Å². The highest BCUT2D eigenvalue weighted by atomic mass is 32.2. The highest BCUT2D eigenvalue weighted by molar-refractivity contribution is 7.85. The Hall–Kier alpha value is -0.580. The van der Waals surface area contributed by atoms with Crippen LogP contribution in [-0.4, -0.2) is 40.3 Å². The molecule has 5 heteroatoms. The third kappa shape index (κ3) is 4.49. The number of hydrogen-bond acceptors (Lipinski definition) is 2. The van der Waals surface area contributed by atoms with E-state index in [-0.39, 0.29) is 0 Å². The first kappa shape index (κ1) is 17.2. The molecule has 0 amide bonds. The van der Waals surface area contributed by atoms with Gasteiger partial charge < -0.3 is 10.6 Å². The van der Waals surface area contributed by atoms with Crippen molar-refractivity contribution in [1.82, 2.24) is 10.6 Å². The summed E-state index contributed by atoms with van der Waals surface area (Å²) in [6.07, 6.45) is 10.1. The van der Waals surface area contributed by atoms with E-state index in [1.54, 1.807) is 0 Å². The van der Waals surface area contributed by atoms with E-state index in [2.05, 4.69) is 17.6 Å². The van der Waals surface area contributed by atoms with Crippen molar-refractivity contribution in [2.75, 3.05) is 18.8 Å². The highest BCUT2D eigenvalue weighted by Gasteiger charge is 2.53. The Morgan fingerprint density at radius 1 is 1.22 bits per heavy atom. The summed E-state index contributed by atoms with van der Waals surface area (Å²) in [5.41, 5.74) is 0.557. The predicted octanol–water partition coefficient (Wildman–Crippen LogP) is 2.81. The SMILES string of the molecule is CCNC(=NCC1(C2CC2)CC1)NC1CCCC(S(=O)CC)C1. The van der Waals surface area contributed by atoms with Gasteiger partial charge in [0.1, 0.15) is 0 Å². The van der Waals surface area contributed by atoms with Gasteiger partial charge in [-0.2, -0.15) is 0 Å². The van der Waals surface area contributed by atoms with Crippen LogP contribution in [0.2, 0.25) is 0 Å². The fraction of sp³-hybridized carbons (Fsp3) is 0.944. The molecule has 0 spiro atoms. The van der Waals surface area contributed by atoms with E-state index in [1.807, 2.05) is 6.92 Å². The first-order chi connectivity index (χ1) is 11.2. The Morgan fingerprint density at radius 2 is 2.00 bits per heavy atom. The molecule has 4 nitrogen and oxygen atoms in total. The van der Waals surface area contributed by atoms with Crippen molar-refractivity contribution in [2.45, 2.75) is 76.5 Å². The van der Waals surface area contributed by atoms with Crippen LogP contribution in [0.5, 0.6) is 0 Å². The van der Waals surface area contributed by atoms with E-state index >= 15 is 0 Å². The summed E-state index contributed by atoms with van der Waals surface area (Å²) in [7, 11) is -0.659. The van der Waals surface area contributed by atoms with Crippen LogP contribution in [-0.2, 0) is 10.8 Å². The molecule has 3 unspecified atom stereocenters. The van der Waals surface area contributed by atoms with Crippen LogP contribution in [0.25, 0.3) is 0 Å². The van der Waals surface area contributed by atoms with Crippen LogP contribution < -0.4 is 10.6 Å². The van der Waals surface area contributed by atoms with Crippen molar-refractivity contribution in [3.8, 4) is 0 Å².